The van der Waals surface area contributed by atoms with Gasteiger partial charge in [-0.05, 0) is 23.9 Å². The molecule has 0 unspecified atom stereocenters. The van der Waals surface area contributed by atoms with Gasteiger partial charge in [0.25, 0.3) is 5.91 Å². The molecular weight excluding hydrogens is 322 g/mol. The van der Waals surface area contributed by atoms with E-state index in [9.17, 15) is 4.79 Å². The summed E-state index contributed by atoms with van der Waals surface area (Å²) in [6.07, 6.45) is 0. The highest BCUT2D eigenvalue weighted by atomic mass is 32.1. The highest BCUT2D eigenvalue weighted by Gasteiger charge is 2.12. The second-order valence-corrected chi connectivity index (χ2v) is 6.56. The van der Waals surface area contributed by atoms with E-state index in [1.165, 1.54) is 10.4 Å². The zero-order chi connectivity index (χ0) is 16.8. The van der Waals surface area contributed by atoms with Gasteiger partial charge in [-0.1, -0.05) is 41.1 Å². The molecule has 124 valence electrons. The largest absolute Gasteiger partial charge is 0.359 e. The number of rotatable bonds is 7. The van der Waals surface area contributed by atoms with E-state index >= 15 is 0 Å². The summed E-state index contributed by atoms with van der Waals surface area (Å²) >= 11 is 1.70. The molecule has 3 aromatic rings. The number of thiophene rings is 1. The Hall–Kier alpha value is -2.44. The van der Waals surface area contributed by atoms with E-state index in [1.54, 1.807) is 17.4 Å². The van der Waals surface area contributed by atoms with Crippen molar-refractivity contribution < 1.29 is 9.32 Å². The van der Waals surface area contributed by atoms with E-state index in [2.05, 4.69) is 21.9 Å². The molecule has 0 bridgehead atoms. The van der Waals surface area contributed by atoms with Crippen molar-refractivity contribution in [3.63, 3.8) is 0 Å². The first kappa shape index (κ1) is 16.4. The summed E-state index contributed by atoms with van der Waals surface area (Å²) < 4.78 is 5.20. The van der Waals surface area contributed by atoms with Crippen LogP contribution < -0.4 is 10.6 Å². The lowest BCUT2D eigenvalue weighted by molar-refractivity contribution is 0.0941. The zero-order valence-corrected chi connectivity index (χ0v) is 14.2. The molecule has 0 aliphatic rings. The molecular formula is C18H19N3O2S. The SMILES string of the molecule is Cc1ccc(CNC(=O)c2cc(CNCc3cccs3)on2)cc1. The van der Waals surface area contributed by atoms with Crippen molar-refractivity contribution in [2.75, 3.05) is 0 Å². The summed E-state index contributed by atoms with van der Waals surface area (Å²) in [5.41, 5.74) is 2.55. The van der Waals surface area contributed by atoms with Crippen LogP contribution >= 0.6 is 11.3 Å². The second-order valence-electron chi connectivity index (χ2n) is 5.53. The van der Waals surface area contributed by atoms with Gasteiger partial charge in [0.1, 0.15) is 0 Å². The van der Waals surface area contributed by atoms with E-state index in [-0.39, 0.29) is 5.91 Å². The number of hydrogen-bond donors (Lipinski definition) is 2. The molecule has 5 nitrogen and oxygen atoms in total. The van der Waals surface area contributed by atoms with Crippen molar-refractivity contribution in [3.8, 4) is 0 Å². The van der Waals surface area contributed by atoms with E-state index in [0.29, 0.717) is 24.5 Å². The minimum atomic E-state index is -0.233. The smallest absolute Gasteiger partial charge is 0.273 e. The second kappa shape index (κ2) is 7.90. The Balaban J connectivity index is 1.47. The monoisotopic (exact) mass is 341 g/mol. The quantitative estimate of drug-likeness (QED) is 0.692. The highest BCUT2D eigenvalue weighted by molar-refractivity contribution is 7.09. The average molecular weight is 341 g/mol. The van der Waals surface area contributed by atoms with Gasteiger partial charge < -0.3 is 15.2 Å². The average Bonchev–Trinajstić information content (AvgIpc) is 3.26. The van der Waals surface area contributed by atoms with Gasteiger partial charge in [0.15, 0.2) is 11.5 Å². The van der Waals surface area contributed by atoms with E-state index in [0.717, 1.165) is 12.1 Å². The molecule has 0 radical (unpaired) electrons. The van der Waals surface area contributed by atoms with Gasteiger partial charge >= 0.3 is 0 Å². The number of carbonyl (C=O) groups excluding carboxylic acids is 1. The molecule has 0 saturated carbocycles. The van der Waals surface area contributed by atoms with Gasteiger partial charge in [-0.25, -0.2) is 0 Å². The predicted molar refractivity (Wildman–Crippen MR) is 93.7 cm³/mol. The Labute approximate surface area is 144 Å². The fraction of sp³-hybridized carbons (Fsp3) is 0.222. The number of aromatic nitrogens is 1. The normalized spacial score (nSPS) is 10.7. The molecule has 0 aliphatic heterocycles. The maximum absolute atomic E-state index is 12.1. The van der Waals surface area contributed by atoms with Crippen molar-refractivity contribution >= 4 is 17.2 Å². The Morgan fingerprint density at radius 3 is 2.75 bits per heavy atom. The molecule has 1 amide bonds. The lowest BCUT2D eigenvalue weighted by Crippen LogP contribution is -2.23. The molecule has 0 spiro atoms. The predicted octanol–water partition coefficient (Wildman–Crippen LogP) is 3.26. The van der Waals surface area contributed by atoms with Crippen molar-refractivity contribution in [2.45, 2.75) is 26.6 Å². The number of carbonyl (C=O) groups is 1. The van der Waals surface area contributed by atoms with Crippen LogP contribution in [0.15, 0.2) is 52.4 Å². The third-order valence-electron chi connectivity index (χ3n) is 3.54. The van der Waals surface area contributed by atoms with Gasteiger partial charge in [0.2, 0.25) is 0 Å². The number of hydrogen-bond acceptors (Lipinski definition) is 5. The Bertz CT molecular complexity index is 779. The van der Waals surface area contributed by atoms with Crippen molar-refractivity contribution in [2.24, 2.45) is 0 Å². The van der Waals surface area contributed by atoms with Crippen molar-refractivity contribution in [3.05, 3.63) is 75.3 Å². The molecule has 2 heterocycles. The first-order valence-corrected chi connectivity index (χ1v) is 8.61. The Kier molecular flexibility index (Phi) is 5.40. The minimum Gasteiger partial charge on any atom is -0.359 e. The van der Waals surface area contributed by atoms with Crippen LogP contribution in [-0.2, 0) is 19.6 Å². The molecule has 24 heavy (non-hydrogen) atoms. The van der Waals surface area contributed by atoms with Gasteiger partial charge in [0, 0.05) is 24.0 Å². The lowest BCUT2D eigenvalue weighted by Gasteiger charge is -2.03. The van der Waals surface area contributed by atoms with E-state index < -0.39 is 0 Å². The van der Waals surface area contributed by atoms with Crippen LogP contribution in [0.4, 0.5) is 0 Å². The summed E-state index contributed by atoms with van der Waals surface area (Å²) in [4.78, 5) is 13.4. The Morgan fingerprint density at radius 1 is 1.17 bits per heavy atom. The highest BCUT2D eigenvalue weighted by Crippen LogP contribution is 2.09. The number of benzene rings is 1. The first-order valence-electron chi connectivity index (χ1n) is 7.73. The molecule has 1 aromatic carbocycles. The maximum Gasteiger partial charge on any atom is 0.273 e. The molecule has 6 heteroatoms. The van der Waals surface area contributed by atoms with Crippen LogP contribution in [-0.4, -0.2) is 11.1 Å². The summed E-state index contributed by atoms with van der Waals surface area (Å²) in [5, 5.41) is 12.0. The molecule has 3 rings (SSSR count). The molecule has 0 fully saturated rings. The third-order valence-corrected chi connectivity index (χ3v) is 4.42. The van der Waals surface area contributed by atoms with Crippen LogP contribution in [0.25, 0.3) is 0 Å². The molecule has 0 atom stereocenters. The van der Waals surface area contributed by atoms with Crippen molar-refractivity contribution in [1.29, 1.82) is 0 Å². The zero-order valence-electron chi connectivity index (χ0n) is 13.4. The summed E-state index contributed by atoms with van der Waals surface area (Å²) in [5.74, 6) is 0.413. The standard InChI is InChI=1S/C18H19N3O2S/c1-13-4-6-14(7-5-13)10-20-18(22)17-9-15(23-21-17)11-19-12-16-3-2-8-24-16/h2-9,19H,10-12H2,1H3,(H,20,22). The number of nitrogens with zero attached hydrogens (tertiary/aromatic N) is 1. The first-order chi connectivity index (χ1) is 11.7. The maximum atomic E-state index is 12.1. The van der Waals surface area contributed by atoms with E-state index in [4.69, 9.17) is 4.52 Å². The van der Waals surface area contributed by atoms with Crippen LogP contribution in [0.3, 0.4) is 0 Å². The van der Waals surface area contributed by atoms with Gasteiger partial charge in [0.05, 0.1) is 6.54 Å². The number of nitrogens with one attached hydrogen (secondary N) is 2. The number of amides is 1. The Morgan fingerprint density at radius 2 is 2.00 bits per heavy atom. The molecule has 0 saturated heterocycles. The summed E-state index contributed by atoms with van der Waals surface area (Å²) in [6.45, 7) is 3.81. The summed E-state index contributed by atoms with van der Waals surface area (Å²) in [6, 6.07) is 13.8. The van der Waals surface area contributed by atoms with Gasteiger partial charge in [-0.3, -0.25) is 4.79 Å². The number of aryl methyl sites for hydroxylation is 1. The van der Waals surface area contributed by atoms with Crippen LogP contribution in [0.1, 0.15) is 32.3 Å². The molecule has 2 aromatic heterocycles. The fourth-order valence-corrected chi connectivity index (χ4v) is 2.88. The van der Waals surface area contributed by atoms with Gasteiger partial charge in [-0.2, -0.15) is 0 Å². The fourth-order valence-electron chi connectivity index (χ4n) is 2.20. The topological polar surface area (TPSA) is 67.2 Å². The van der Waals surface area contributed by atoms with Crippen molar-refractivity contribution in [1.82, 2.24) is 15.8 Å². The summed E-state index contributed by atoms with van der Waals surface area (Å²) in [7, 11) is 0. The van der Waals surface area contributed by atoms with Crippen LogP contribution in [0.5, 0.6) is 0 Å². The lowest BCUT2D eigenvalue weighted by atomic mass is 10.1. The molecule has 0 aliphatic carbocycles. The third kappa shape index (κ3) is 4.53. The van der Waals surface area contributed by atoms with Gasteiger partial charge in [-0.15, -0.1) is 11.3 Å². The minimum absolute atomic E-state index is 0.233. The van der Waals surface area contributed by atoms with Crippen LogP contribution in [0.2, 0.25) is 0 Å². The molecule has 2 N–H and O–H groups in total. The van der Waals surface area contributed by atoms with Crippen LogP contribution in [0, 0.1) is 6.92 Å². The van der Waals surface area contributed by atoms with E-state index in [1.807, 2.05) is 42.6 Å².